The Labute approximate surface area is 184 Å². The van der Waals surface area contributed by atoms with E-state index in [2.05, 4.69) is 20.8 Å². The monoisotopic (exact) mass is 431 g/mol. The maximum Gasteiger partial charge on any atom is 0.270 e. The fourth-order valence-corrected chi connectivity index (χ4v) is 2.94. The van der Waals surface area contributed by atoms with Crippen molar-refractivity contribution in [1.82, 2.24) is 25.5 Å². The summed E-state index contributed by atoms with van der Waals surface area (Å²) >= 11 is 0. The average molecular weight is 431 g/mol. The molecule has 0 aliphatic heterocycles. The molecule has 0 bridgehead atoms. The first-order valence-electron chi connectivity index (χ1n) is 9.89. The highest BCUT2D eigenvalue weighted by molar-refractivity contribution is 6.18. The number of hydrogen-bond acceptors (Lipinski definition) is 7. The van der Waals surface area contributed by atoms with Gasteiger partial charge in [-0.05, 0) is 46.8 Å². The molecule has 4 rings (SSSR count). The Morgan fingerprint density at radius 2 is 1.84 bits per heavy atom. The predicted molar refractivity (Wildman–Crippen MR) is 118 cm³/mol. The lowest BCUT2D eigenvalue weighted by Crippen LogP contribution is -2.31. The number of furan rings is 1. The molecule has 0 saturated heterocycles. The number of benzene rings is 2. The summed E-state index contributed by atoms with van der Waals surface area (Å²) < 4.78 is 17.6. The maximum atomic E-state index is 13.0. The molecule has 2 heterocycles. The first-order valence-corrected chi connectivity index (χ1v) is 9.89. The summed E-state index contributed by atoms with van der Waals surface area (Å²) in [6, 6.07) is 20.1. The maximum absolute atomic E-state index is 13.0. The van der Waals surface area contributed by atoms with Gasteiger partial charge >= 0.3 is 0 Å². The van der Waals surface area contributed by atoms with Crippen LogP contribution < -0.4 is 14.8 Å². The van der Waals surface area contributed by atoms with Gasteiger partial charge in [0.25, 0.3) is 5.91 Å². The summed E-state index contributed by atoms with van der Waals surface area (Å²) in [5, 5.41) is 14.7. The summed E-state index contributed by atoms with van der Waals surface area (Å²) in [5.41, 5.74) is 0.992. The molecule has 4 aromatic rings. The molecular formula is C23H21N5O4. The van der Waals surface area contributed by atoms with Crippen LogP contribution in [0.25, 0.3) is 23.2 Å². The van der Waals surface area contributed by atoms with E-state index >= 15 is 0 Å². The van der Waals surface area contributed by atoms with E-state index in [1.54, 1.807) is 49.6 Å². The van der Waals surface area contributed by atoms with Gasteiger partial charge in [-0.1, -0.05) is 30.3 Å². The van der Waals surface area contributed by atoms with Gasteiger partial charge in [0.15, 0.2) is 5.82 Å². The van der Waals surface area contributed by atoms with Crippen molar-refractivity contribution in [3.8, 4) is 22.9 Å². The molecule has 0 radical (unpaired) electrons. The minimum Gasteiger partial charge on any atom is -0.497 e. The standard InChI is InChI=1S/C23H21N5O4/c1-30-18-9-11-19(12-10-18)32-15-13-24-23(29)21(16-20-8-5-14-31-20)28-22(25-26-27-28)17-6-3-2-4-7-17/h2-12,14,16H,13,15H2,1H3,(H,24,29)/b21-16-. The number of amides is 1. The summed E-state index contributed by atoms with van der Waals surface area (Å²) in [6.45, 7) is 0.566. The number of aromatic nitrogens is 4. The van der Waals surface area contributed by atoms with E-state index in [0.717, 1.165) is 11.3 Å². The molecule has 162 valence electrons. The molecule has 2 aromatic carbocycles. The number of ether oxygens (including phenoxy) is 2. The Morgan fingerprint density at radius 1 is 1.06 bits per heavy atom. The third kappa shape index (κ3) is 5.01. The second-order valence-corrected chi connectivity index (χ2v) is 6.61. The molecule has 0 atom stereocenters. The second kappa shape index (κ2) is 10.1. The van der Waals surface area contributed by atoms with Crippen LogP contribution in [0.4, 0.5) is 0 Å². The number of rotatable bonds is 9. The van der Waals surface area contributed by atoms with Crippen molar-refractivity contribution in [1.29, 1.82) is 0 Å². The normalized spacial score (nSPS) is 11.2. The van der Waals surface area contributed by atoms with E-state index < -0.39 is 0 Å². The van der Waals surface area contributed by atoms with Crippen LogP contribution in [0.5, 0.6) is 11.5 Å². The minimum absolute atomic E-state index is 0.216. The smallest absolute Gasteiger partial charge is 0.270 e. The molecular weight excluding hydrogens is 410 g/mol. The number of nitrogens with one attached hydrogen (secondary N) is 1. The lowest BCUT2D eigenvalue weighted by Gasteiger charge is -2.11. The fraction of sp³-hybridized carbons (Fsp3) is 0.130. The van der Waals surface area contributed by atoms with E-state index in [1.165, 1.54) is 10.9 Å². The van der Waals surface area contributed by atoms with Gasteiger partial charge in [0.2, 0.25) is 0 Å². The van der Waals surface area contributed by atoms with Crippen molar-refractivity contribution in [2.75, 3.05) is 20.3 Å². The first kappa shape index (κ1) is 20.9. The Bertz CT molecular complexity index is 1170. The number of tetrazole rings is 1. The van der Waals surface area contributed by atoms with Crippen LogP contribution in [-0.4, -0.2) is 46.4 Å². The number of methoxy groups -OCH3 is 1. The van der Waals surface area contributed by atoms with Crippen LogP contribution in [0.15, 0.2) is 77.4 Å². The van der Waals surface area contributed by atoms with Crippen molar-refractivity contribution in [3.05, 3.63) is 78.8 Å². The number of nitrogens with zero attached hydrogens (tertiary/aromatic N) is 4. The SMILES string of the molecule is COc1ccc(OCCNC(=O)/C(=C/c2ccco2)n2nnnc2-c2ccccc2)cc1. The largest absolute Gasteiger partial charge is 0.497 e. The highest BCUT2D eigenvalue weighted by Crippen LogP contribution is 2.21. The van der Waals surface area contributed by atoms with Gasteiger partial charge < -0.3 is 19.2 Å². The molecule has 9 heteroatoms. The van der Waals surface area contributed by atoms with Crippen molar-refractivity contribution >= 4 is 17.7 Å². The van der Waals surface area contributed by atoms with Crippen LogP contribution in [0.3, 0.4) is 0 Å². The zero-order chi connectivity index (χ0) is 22.2. The van der Waals surface area contributed by atoms with Crippen molar-refractivity contribution in [3.63, 3.8) is 0 Å². The Hall–Kier alpha value is -4.40. The molecule has 0 aliphatic carbocycles. The van der Waals surface area contributed by atoms with Crippen molar-refractivity contribution in [2.45, 2.75) is 0 Å². The summed E-state index contributed by atoms with van der Waals surface area (Å²) in [5.74, 6) is 1.99. The molecule has 1 amide bonds. The number of carbonyl (C=O) groups excluding carboxylic acids is 1. The quantitative estimate of drug-likeness (QED) is 0.321. The van der Waals surface area contributed by atoms with Crippen LogP contribution in [0.1, 0.15) is 5.76 Å². The lowest BCUT2D eigenvalue weighted by molar-refractivity contribution is -0.116. The van der Waals surface area contributed by atoms with Crippen LogP contribution in [-0.2, 0) is 4.79 Å². The lowest BCUT2D eigenvalue weighted by atomic mass is 10.2. The molecule has 2 aromatic heterocycles. The Balaban J connectivity index is 1.48. The molecule has 0 saturated carbocycles. The molecule has 0 spiro atoms. The van der Waals surface area contributed by atoms with Crippen molar-refractivity contribution < 1.29 is 18.7 Å². The molecule has 0 unspecified atom stereocenters. The Morgan fingerprint density at radius 3 is 2.56 bits per heavy atom. The average Bonchev–Trinajstić information content (AvgIpc) is 3.53. The van der Waals surface area contributed by atoms with Gasteiger partial charge in [0, 0.05) is 11.6 Å². The van der Waals surface area contributed by atoms with Gasteiger partial charge in [-0.3, -0.25) is 4.79 Å². The zero-order valence-electron chi connectivity index (χ0n) is 17.3. The first-order chi connectivity index (χ1) is 15.7. The van der Waals surface area contributed by atoms with E-state index in [4.69, 9.17) is 13.9 Å². The molecule has 32 heavy (non-hydrogen) atoms. The minimum atomic E-state index is -0.371. The van der Waals surface area contributed by atoms with Gasteiger partial charge in [0.1, 0.15) is 29.6 Å². The highest BCUT2D eigenvalue weighted by Gasteiger charge is 2.19. The summed E-state index contributed by atoms with van der Waals surface area (Å²) in [7, 11) is 1.60. The van der Waals surface area contributed by atoms with Crippen LogP contribution in [0, 0.1) is 0 Å². The molecule has 0 fully saturated rings. The van der Waals surface area contributed by atoms with E-state index in [1.807, 2.05) is 30.3 Å². The molecule has 1 N–H and O–H groups in total. The van der Waals surface area contributed by atoms with Gasteiger partial charge in [-0.2, -0.15) is 4.68 Å². The zero-order valence-corrected chi connectivity index (χ0v) is 17.3. The summed E-state index contributed by atoms with van der Waals surface area (Å²) in [4.78, 5) is 13.0. The Kier molecular flexibility index (Phi) is 6.57. The molecule has 0 aliphatic rings. The molecule has 9 nitrogen and oxygen atoms in total. The van der Waals surface area contributed by atoms with Crippen molar-refractivity contribution in [2.24, 2.45) is 0 Å². The van der Waals surface area contributed by atoms with E-state index in [0.29, 0.717) is 17.3 Å². The van der Waals surface area contributed by atoms with E-state index in [9.17, 15) is 4.79 Å². The van der Waals surface area contributed by atoms with Gasteiger partial charge in [-0.25, -0.2) is 0 Å². The van der Waals surface area contributed by atoms with Crippen LogP contribution >= 0.6 is 0 Å². The third-order valence-corrected chi connectivity index (χ3v) is 4.50. The fourth-order valence-electron chi connectivity index (χ4n) is 2.94. The van der Waals surface area contributed by atoms with E-state index in [-0.39, 0.29) is 24.8 Å². The number of carbonyl (C=O) groups is 1. The van der Waals surface area contributed by atoms with Crippen LogP contribution in [0.2, 0.25) is 0 Å². The number of hydrogen-bond donors (Lipinski definition) is 1. The topological polar surface area (TPSA) is 104 Å². The predicted octanol–water partition coefficient (Wildman–Crippen LogP) is 3.14. The van der Waals surface area contributed by atoms with Gasteiger partial charge in [-0.15, -0.1) is 5.10 Å². The highest BCUT2D eigenvalue weighted by atomic mass is 16.5. The van der Waals surface area contributed by atoms with Gasteiger partial charge in [0.05, 0.1) is 19.9 Å². The second-order valence-electron chi connectivity index (χ2n) is 6.61. The third-order valence-electron chi connectivity index (χ3n) is 4.50. The summed E-state index contributed by atoms with van der Waals surface area (Å²) in [6.07, 6.45) is 3.12.